The second-order valence-corrected chi connectivity index (χ2v) is 18.3. The molecule has 8 unspecified atom stereocenters. The quantitative estimate of drug-likeness (QED) is 0.0377. The van der Waals surface area contributed by atoms with E-state index in [-0.39, 0.29) is 53.8 Å². The van der Waals surface area contributed by atoms with E-state index < -0.39 is 90.7 Å². The summed E-state index contributed by atoms with van der Waals surface area (Å²) in [5.41, 5.74) is 4.23. The number of carbonyl (C=O) groups is 3. The van der Waals surface area contributed by atoms with Gasteiger partial charge in [0.25, 0.3) is 0 Å². The van der Waals surface area contributed by atoms with E-state index in [4.69, 9.17) is 19.5 Å². The van der Waals surface area contributed by atoms with Crippen molar-refractivity contribution in [1.29, 1.82) is 0 Å². The fraction of sp³-hybridized carbons (Fsp3) is 0.643. The van der Waals surface area contributed by atoms with Gasteiger partial charge in [-0.25, -0.2) is 28.6 Å². The third-order valence-electron chi connectivity index (χ3n) is 7.73. The first-order chi connectivity index (χ1) is 26.4. The Bertz CT molecular complexity index is 1880. The minimum Gasteiger partial charge on any atom is -0.389 e. The van der Waals surface area contributed by atoms with Gasteiger partial charge in [0.1, 0.15) is 36.3 Å². The monoisotopic (exact) mass is 893 g/mol. The first kappa shape index (κ1) is 48.6. The van der Waals surface area contributed by atoms with Gasteiger partial charge in [0.05, 0.1) is 25.6 Å². The number of amides is 2. The summed E-state index contributed by atoms with van der Waals surface area (Å²) in [6.45, 7) is 2.23. The van der Waals surface area contributed by atoms with Crippen LogP contribution in [0.3, 0.4) is 0 Å². The first-order valence-electron chi connectivity index (χ1n) is 16.8. The molecule has 1 aliphatic heterocycles. The van der Waals surface area contributed by atoms with Gasteiger partial charge in [-0.1, -0.05) is 44.7 Å². The van der Waals surface area contributed by atoms with Crippen molar-refractivity contribution in [2.24, 2.45) is 5.41 Å². The number of ether oxygens (including phenoxy) is 1. The maximum atomic E-state index is 12.7. The number of phosphoric acid groups is 3. The molecule has 8 atom stereocenters. The molecule has 0 radical (unpaired) electrons. The van der Waals surface area contributed by atoms with Crippen LogP contribution in [0.2, 0.25) is 0 Å². The summed E-state index contributed by atoms with van der Waals surface area (Å²) in [6.07, 6.45) is -3.98. The Balaban J connectivity index is 1.47. The van der Waals surface area contributed by atoms with Crippen molar-refractivity contribution >= 4 is 69.1 Å². The van der Waals surface area contributed by atoms with Crippen LogP contribution < -0.4 is 16.4 Å². The second kappa shape index (κ2) is 21.0. The van der Waals surface area contributed by atoms with E-state index in [1.807, 2.05) is 6.92 Å². The van der Waals surface area contributed by atoms with Gasteiger partial charge >= 0.3 is 23.5 Å². The molecule has 1 saturated heterocycles. The lowest BCUT2D eigenvalue weighted by Gasteiger charge is -2.30. The van der Waals surface area contributed by atoms with Gasteiger partial charge in [0, 0.05) is 37.1 Å². The maximum absolute atomic E-state index is 12.7. The number of nitrogen functional groups attached to an aromatic ring is 1. The van der Waals surface area contributed by atoms with Gasteiger partial charge in [0.2, 0.25) is 11.8 Å². The molecule has 2 amide bonds. The van der Waals surface area contributed by atoms with Crippen molar-refractivity contribution in [1.82, 2.24) is 30.2 Å². The van der Waals surface area contributed by atoms with E-state index >= 15 is 0 Å². The lowest BCUT2D eigenvalue weighted by molar-refractivity contribution is -0.137. The lowest BCUT2D eigenvalue weighted by Crippen LogP contribution is -2.46. The van der Waals surface area contributed by atoms with Crippen LogP contribution in [0.1, 0.15) is 46.3 Å². The Hall–Kier alpha value is -2.74. The molecule has 0 aliphatic carbocycles. The second-order valence-electron chi connectivity index (χ2n) is 12.9. The molecular weight excluding hydrogens is 847 g/mol. The fourth-order valence-electron chi connectivity index (χ4n) is 4.89. The number of aromatic nitrogens is 4. The van der Waals surface area contributed by atoms with Crippen LogP contribution in [0, 0.1) is 5.41 Å². The predicted octanol–water partition coefficient (Wildman–Crippen LogP) is -0.618. The molecule has 11 N–H and O–H groups in total. The molecule has 0 spiro atoms. The molecule has 1 aliphatic rings. The van der Waals surface area contributed by atoms with Crippen LogP contribution in [-0.4, -0.2) is 134 Å². The third-order valence-corrected chi connectivity index (χ3v) is 11.7. The number of phosphoric ester groups is 3. The molecule has 57 heavy (non-hydrogen) atoms. The molecule has 3 rings (SSSR count). The topological polar surface area (TPSA) is 384 Å². The minimum atomic E-state index is -5.58. The van der Waals surface area contributed by atoms with Crippen LogP contribution in [0.4, 0.5) is 5.82 Å². The van der Waals surface area contributed by atoms with E-state index in [0.717, 1.165) is 35.4 Å². The number of rotatable bonds is 23. The van der Waals surface area contributed by atoms with Crippen molar-refractivity contribution < 1.29 is 85.6 Å². The first-order valence-corrected chi connectivity index (χ1v) is 22.3. The number of carbonyl (C=O) groups excluding carboxylic acids is 3. The minimum absolute atomic E-state index is 0.0253. The molecule has 322 valence electrons. The average Bonchev–Trinajstić information content (AvgIpc) is 3.67. The van der Waals surface area contributed by atoms with Crippen LogP contribution in [0.25, 0.3) is 11.2 Å². The number of anilines is 1. The molecule has 0 saturated carbocycles. The van der Waals surface area contributed by atoms with Crippen LogP contribution >= 0.6 is 35.2 Å². The number of allylic oxidation sites excluding steroid dienone is 1. The third kappa shape index (κ3) is 15.4. The number of aliphatic hydroxyl groups excluding tert-OH is 3. The Labute approximate surface area is 329 Å². The number of aliphatic hydroxyl groups is 3. The van der Waals surface area contributed by atoms with Crippen molar-refractivity contribution in [2.45, 2.75) is 76.8 Å². The number of fused-ring (bicyclic) bond motifs is 1. The van der Waals surface area contributed by atoms with Gasteiger partial charge in [-0.3, -0.25) is 32.5 Å². The summed E-state index contributed by atoms with van der Waals surface area (Å²) in [4.78, 5) is 87.5. The Morgan fingerprint density at radius 1 is 1.07 bits per heavy atom. The van der Waals surface area contributed by atoms with Crippen LogP contribution in [0.15, 0.2) is 24.8 Å². The van der Waals surface area contributed by atoms with Crippen molar-refractivity contribution in [2.75, 3.05) is 37.8 Å². The maximum Gasteiger partial charge on any atom is 0.481 e. The normalized spacial score (nSPS) is 22.2. The van der Waals surface area contributed by atoms with Crippen molar-refractivity contribution in [3.63, 3.8) is 0 Å². The molecule has 29 heteroatoms. The van der Waals surface area contributed by atoms with Crippen molar-refractivity contribution in [3.05, 3.63) is 24.8 Å². The van der Waals surface area contributed by atoms with E-state index in [9.17, 15) is 63.0 Å². The summed E-state index contributed by atoms with van der Waals surface area (Å²) in [6, 6.07) is 0. The number of hydrogen-bond acceptors (Lipinski definition) is 19. The molecule has 2 aromatic rings. The summed E-state index contributed by atoms with van der Waals surface area (Å²) >= 11 is 0.938. The standard InChI is InChI=1S/C28H46N7O18P3S/c1-4-5-6-16(36)11-19(38)57-10-9-30-18(37)7-8-31-26(41)23(40)28(2,3)13-50-56(47,48)53-55(45,46)49-12-17-22(52-54(42,43)44)21(39)27(51-17)35-15-34-20-24(29)32-14-33-25(20)35/h5-6,14-17,21-23,27,36,39-40H,4,7-13H2,1-3H3,(H,30,37)(H,31,41)(H,45,46)(H,47,48)(H2,29,32,33)(H2,42,43,44)/b6-5+. The SMILES string of the molecule is CC/C=C/C(O)CC(=O)SCCNC(=O)CCNC(=O)C(O)C(C)(C)COP(=O)(O)OP(=O)(O)OCC1OC(n2cnc3c(N)ncnc32)C(O)C1OP(=O)(O)O. The smallest absolute Gasteiger partial charge is 0.389 e. The highest BCUT2D eigenvalue weighted by molar-refractivity contribution is 8.13. The highest BCUT2D eigenvalue weighted by atomic mass is 32.2. The van der Waals surface area contributed by atoms with Crippen LogP contribution in [0.5, 0.6) is 0 Å². The average molecular weight is 894 g/mol. The van der Waals surface area contributed by atoms with Gasteiger partial charge in [0.15, 0.2) is 22.8 Å². The predicted molar refractivity (Wildman–Crippen MR) is 197 cm³/mol. The van der Waals surface area contributed by atoms with Gasteiger partial charge in [-0.05, 0) is 6.42 Å². The van der Waals surface area contributed by atoms with Gasteiger partial charge in [-0.2, -0.15) is 4.31 Å². The van der Waals surface area contributed by atoms with E-state index in [1.165, 1.54) is 19.9 Å². The Morgan fingerprint density at radius 2 is 1.75 bits per heavy atom. The molecular formula is C28H46N7O18P3S. The number of nitrogens with two attached hydrogens (primary N) is 1. The molecule has 0 aromatic carbocycles. The molecule has 0 bridgehead atoms. The molecule has 25 nitrogen and oxygen atoms in total. The summed E-state index contributed by atoms with van der Waals surface area (Å²) in [5.74, 6) is -1.28. The summed E-state index contributed by atoms with van der Waals surface area (Å²) < 4.78 is 62.1. The zero-order chi connectivity index (χ0) is 42.8. The number of nitrogens with one attached hydrogen (secondary N) is 2. The highest BCUT2D eigenvalue weighted by Gasteiger charge is 2.50. The number of hydrogen-bond donors (Lipinski definition) is 10. The number of thioether (sulfide) groups is 1. The Morgan fingerprint density at radius 3 is 2.42 bits per heavy atom. The largest absolute Gasteiger partial charge is 0.481 e. The molecule has 3 heterocycles. The van der Waals surface area contributed by atoms with Gasteiger partial charge in [-0.15, -0.1) is 0 Å². The summed E-state index contributed by atoms with van der Waals surface area (Å²) in [5, 5.41) is 35.8. The zero-order valence-corrected chi connectivity index (χ0v) is 34.2. The van der Waals surface area contributed by atoms with Crippen molar-refractivity contribution in [3.8, 4) is 0 Å². The zero-order valence-electron chi connectivity index (χ0n) is 30.7. The van der Waals surface area contributed by atoms with E-state index in [0.29, 0.717) is 0 Å². The lowest BCUT2D eigenvalue weighted by atomic mass is 9.87. The van der Waals surface area contributed by atoms with Crippen LogP contribution in [-0.2, 0) is 50.7 Å². The fourth-order valence-corrected chi connectivity index (χ4v) is 8.44. The van der Waals surface area contributed by atoms with Gasteiger partial charge < -0.3 is 56.0 Å². The summed E-state index contributed by atoms with van der Waals surface area (Å²) in [7, 11) is -16.4. The van der Waals surface area contributed by atoms with E-state index in [2.05, 4.69) is 34.4 Å². The number of nitrogens with zero attached hydrogens (tertiary/aromatic N) is 4. The number of imidazole rings is 1. The molecule has 1 fully saturated rings. The Kier molecular flexibility index (Phi) is 17.9. The molecule has 2 aromatic heterocycles. The van der Waals surface area contributed by atoms with E-state index in [1.54, 1.807) is 6.08 Å². The highest BCUT2D eigenvalue weighted by Crippen LogP contribution is 2.61.